The third-order valence-electron chi connectivity index (χ3n) is 4.22. The topological polar surface area (TPSA) is 35.9 Å². The molecule has 1 aliphatic rings. The third-order valence-corrected chi connectivity index (χ3v) is 4.22. The maximum absolute atomic E-state index is 9.52. The van der Waals surface area contributed by atoms with Crippen LogP contribution in [-0.2, 0) is 6.42 Å². The van der Waals surface area contributed by atoms with Gasteiger partial charge in [-0.1, -0.05) is 12.1 Å². The van der Waals surface area contributed by atoms with Crippen molar-refractivity contribution >= 4 is 0 Å². The number of hydrogen-bond donors (Lipinski definition) is 1. The fourth-order valence-electron chi connectivity index (χ4n) is 2.96. The molecule has 1 aliphatic heterocycles. The second-order valence-corrected chi connectivity index (χ2v) is 6.09. The Labute approximate surface area is 128 Å². The molecule has 2 rings (SSSR count). The van der Waals surface area contributed by atoms with Gasteiger partial charge >= 0.3 is 0 Å². The Bertz CT molecular complexity index is 419. The molecule has 4 nitrogen and oxygen atoms in total. The highest BCUT2D eigenvalue weighted by molar-refractivity contribution is 5.27. The number of piperazine rings is 1. The van der Waals surface area contributed by atoms with Gasteiger partial charge in [-0.05, 0) is 38.0 Å². The van der Waals surface area contributed by atoms with Gasteiger partial charge < -0.3 is 14.7 Å². The summed E-state index contributed by atoms with van der Waals surface area (Å²) < 4.78 is 5.18. The average molecular weight is 292 g/mol. The van der Waals surface area contributed by atoms with Crippen LogP contribution in [0.1, 0.15) is 19.4 Å². The molecule has 0 spiro atoms. The van der Waals surface area contributed by atoms with Gasteiger partial charge in [-0.15, -0.1) is 0 Å². The summed E-state index contributed by atoms with van der Waals surface area (Å²) >= 11 is 0. The Hall–Kier alpha value is -1.10. The third kappa shape index (κ3) is 4.99. The van der Waals surface area contributed by atoms with Crippen molar-refractivity contribution in [3.8, 4) is 5.75 Å². The smallest absolute Gasteiger partial charge is 0.118 e. The predicted octanol–water partition coefficient (Wildman–Crippen LogP) is 1.62. The molecule has 4 heteroatoms. The zero-order chi connectivity index (χ0) is 15.2. The van der Waals surface area contributed by atoms with Crippen molar-refractivity contribution in [2.24, 2.45) is 0 Å². The molecule has 1 heterocycles. The van der Waals surface area contributed by atoms with Crippen molar-refractivity contribution in [2.45, 2.75) is 32.4 Å². The van der Waals surface area contributed by atoms with Crippen molar-refractivity contribution in [3.63, 3.8) is 0 Å². The molecule has 118 valence electrons. The van der Waals surface area contributed by atoms with Crippen LogP contribution in [0.2, 0.25) is 0 Å². The second kappa shape index (κ2) is 7.78. The number of rotatable bonds is 6. The molecule has 1 aromatic carbocycles. The van der Waals surface area contributed by atoms with E-state index in [1.807, 2.05) is 19.1 Å². The van der Waals surface area contributed by atoms with Gasteiger partial charge in [0.05, 0.1) is 13.2 Å². The van der Waals surface area contributed by atoms with Gasteiger partial charge in [0, 0.05) is 38.8 Å². The molecule has 0 aromatic heterocycles. The van der Waals surface area contributed by atoms with E-state index >= 15 is 0 Å². The van der Waals surface area contributed by atoms with Crippen LogP contribution in [-0.4, -0.2) is 66.9 Å². The summed E-state index contributed by atoms with van der Waals surface area (Å²) in [4.78, 5) is 4.90. The van der Waals surface area contributed by atoms with Crippen LogP contribution in [0, 0.1) is 0 Å². The minimum absolute atomic E-state index is 0.238. The van der Waals surface area contributed by atoms with Gasteiger partial charge in [0.1, 0.15) is 5.75 Å². The first-order valence-corrected chi connectivity index (χ1v) is 7.86. The molecule has 2 atom stereocenters. The molecule has 1 saturated heterocycles. The number of aliphatic hydroxyl groups is 1. The summed E-state index contributed by atoms with van der Waals surface area (Å²) in [5.41, 5.74) is 1.36. The summed E-state index contributed by atoms with van der Waals surface area (Å²) in [5, 5.41) is 9.52. The first kappa shape index (κ1) is 16.3. The van der Waals surface area contributed by atoms with Gasteiger partial charge in [-0.2, -0.15) is 0 Å². The van der Waals surface area contributed by atoms with Crippen molar-refractivity contribution in [1.82, 2.24) is 9.80 Å². The van der Waals surface area contributed by atoms with Crippen LogP contribution in [0.5, 0.6) is 5.75 Å². The highest BCUT2D eigenvalue weighted by Gasteiger charge is 2.23. The van der Waals surface area contributed by atoms with E-state index in [2.05, 4.69) is 28.9 Å². The zero-order valence-corrected chi connectivity index (χ0v) is 13.5. The number of ether oxygens (including phenoxy) is 1. The molecule has 1 N–H and O–H groups in total. The maximum Gasteiger partial charge on any atom is 0.118 e. The van der Waals surface area contributed by atoms with Gasteiger partial charge in [0.25, 0.3) is 0 Å². The van der Waals surface area contributed by atoms with Gasteiger partial charge in [-0.25, -0.2) is 0 Å². The monoisotopic (exact) mass is 292 g/mol. The molecule has 0 saturated carbocycles. The molecule has 0 aliphatic carbocycles. The maximum atomic E-state index is 9.52. The van der Waals surface area contributed by atoms with Crippen LogP contribution >= 0.6 is 0 Å². The van der Waals surface area contributed by atoms with Crippen molar-refractivity contribution in [1.29, 1.82) is 0 Å². The van der Waals surface area contributed by atoms with E-state index in [0.717, 1.165) is 44.9 Å². The largest absolute Gasteiger partial charge is 0.497 e. The predicted molar refractivity (Wildman–Crippen MR) is 85.9 cm³/mol. The number of β-amino-alcohol motifs (C(OH)–C–C–N with tert-alkyl or cyclic N) is 1. The molecule has 0 radical (unpaired) electrons. The number of nitrogens with zero attached hydrogens (tertiary/aromatic N) is 2. The van der Waals surface area contributed by atoms with Gasteiger partial charge in [-0.3, -0.25) is 4.90 Å². The fourth-order valence-corrected chi connectivity index (χ4v) is 2.96. The minimum atomic E-state index is -0.238. The number of hydrogen-bond acceptors (Lipinski definition) is 4. The van der Waals surface area contributed by atoms with Crippen molar-refractivity contribution in [2.75, 3.05) is 39.8 Å². The van der Waals surface area contributed by atoms with E-state index in [-0.39, 0.29) is 6.10 Å². The Balaban J connectivity index is 1.77. The number of benzene rings is 1. The quantitative estimate of drug-likeness (QED) is 0.864. The van der Waals surface area contributed by atoms with E-state index in [1.165, 1.54) is 5.56 Å². The zero-order valence-electron chi connectivity index (χ0n) is 13.5. The van der Waals surface area contributed by atoms with E-state index in [0.29, 0.717) is 6.04 Å². The van der Waals surface area contributed by atoms with Gasteiger partial charge in [0.15, 0.2) is 0 Å². The molecule has 0 amide bonds. The molecule has 0 unspecified atom stereocenters. The number of aliphatic hydroxyl groups excluding tert-OH is 1. The van der Waals surface area contributed by atoms with E-state index in [1.54, 1.807) is 7.11 Å². The van der Waals surface area contributed by atoms with E-state index in [4.69, 9.17) is 4.74 Å². The Morgan fingerprint density at radius 3 is 2.57 bits per heavy atom. The second-order valence-electron chi connectivity index (χ2n) is 6.09. The van der Waals surface area contributed by atoms with Crippen LogP contribution < -0.4 is 4.74 Å². The molecule has 1 aromatic rings. The standard InChI is InChI=1S/C17H28N2O2/c1-14-12-18(10-11-19(14)13-15(2)20)9-8-16-4-6-17(21-3)7-5-16/h4-7,14-15,20H,8-13H2,1-3H3/t14-,15+/m1/s1. The Kier molecular flexibility index (Phi) is 6.03. The average Bonchev–Trinajstić information content (AvgIpc) is 2.48. The molecule has 0 bridgehead atoms. The normalized spacial score (nSPS) is 22.2. The fraction of sp³-hybridized carbons (Fsp3) is 0.647. The first-order valence-electron chi connectivity index (χ1n) is 7.86. The lowest BCUT2D eigenvalue weighted by Gasteiger charge is -2.40. The summed E-state index contributed by atoms with van der Waals surface area (Å²) in [5.74, 6) is 0.916. The summed E-state index contributed by atoms with van der Waals surface area (Å²) in [7, 11) is 1.70. The summed E-state index contributed by atoms with van der Waals surface area (Å²) in [6, 6.07) is 8.86. The molecular formula is C17H28N2O2. The molecule has 21 heavy (non-hydrogen) atoms. The van der Waals surface area contributed by atoms with Crippen LogP contribution in [0.25, 0.3) is 0 Å². The number of methoxy groups -OCH3 is 1. The van der Waals surface area contributed by atoms with Gasteiger partial charge in [0.2, 0.25) is 0 Å². The van der Waals surface area contributed by atoms with Crippen LogP contribution in [0.3, 0.4) is 0 Å². The van der Waals surface area contributed by atoms with Crippen molar-refractivity contribution < 1.29 is 9.84 Å². The first-order chi connectivity index (χ1) is 10.1. The highest BCUT2D eigenvalue weighted by atomic mass is 16.5. The lowest BCUT2D eigenvalue weighted by atomic mass is 10.1. The summed E-state index contributed by atoms with van der Waals surface area (Å²) in [6.45, 7) is 9.22. The lowest BCUT2D eigenvalue weighted by molar-refractivity contribution is 0.0456. The Morgan fingerprint density at radius 1 is 1.29 bits per heavy atom. The lowest BCUT2D eigenvalue weighted by Crippen LogP contribution is -2.53. The Morgan fingerprint density at radius 2 is 2.00 bits per heavy atom. The molecular weight excluding hydrogens is 264 g/mol. The van der Waals surface area contributed by atoms with Crippen LogP contribution in [0.4, 0.5) is 0 Å². The summed E-state index contributed by atoms with van der Waals surface area (Å²) in [6.07, 6.45) is 0.839. The van der Waals surface area contributed by atoms with Crippen LogP contribution in [0.15, 0.2) is 24.3 Å². The molecule has 1 fully saturated rings. The van der Waals surface area contributed by atoms with E-state index in [9.17, 15) is 5.11 Å². The SMILES string of the molecule is COc1ccc(CCN2CCN(C[C@H](C)O)[C@H](C)C2)cc1. The van der Waals surface area contributed by atoms with E-state index < -0.39 is 0 Å². The highest BCUT2D eigenvalue weighted by Crippen LogP contribution is 2.14. The van der Waals surface area contributed by atoms with Crippen molar-refractivity contribution in [3.05, 3.63) is 29.8 Å². The minimum Gasteiger partial charge on any atom is -0.497 e.